The summed E-state index contributed by atoms with van der Waals surface area (Å²) < 4.78 is 0. The summed E-state index contributed by atoms with van der Waals surface area (Å²) in [6.45, 7) is 4.62. The van der Waals surface area contributed by atoms with Crippen LogP contribution in [0.1, 0.15) is 38.3 Å². The van der Waals surface area contributed by atoms with E-state index in [9.17, 15) is 34.2 Å². The third-order valence-corrected chi connectivity index (χ3v) is 6.16. The normalized spacial score (nSPS) is 13.8. The first-order valence-corrected chi connectivity index (χ1v) is 13.3. The van der Waals surface area contributed by atoms with Crippen LogP contribution in [0.5, 0.6) is 5.75 Å². The lowest BCUT2D eigenvalue weighted by molar-refractivity contribution is -0.142. The van der Waals surface area contributed by atoms with Gasteiger partial charge in [-0.05, 0) is 48.9 Å². The van der Waals surface area contributed by atoms with Crippen molar-refractivity contribution in [1.82, 2.24) is 21.3 Å². The Labute approximate surface area is 239 Å². The number of hydrogen-bond acceptors (Lipinski definition) is 7. The van der Waals surface area contributed by atoms with Gasteiger partial charge in [0.2, 0.25) is 23.6 Å². The molecule has 4 atom stereocenters. The summed E-state index contributed by atoms with van der Waals surface area (Å²) in [5, 5.41) is 28.8. The lowest BCUT2D eigenvalue weighted by Gasteiger charge is -2.23. The molecule has 0 fully saturated rings. The molecule has 0 unspecified atom stereocenters. The fourth-order valence-corrected chi connectivity index (χ4v) is 3.95. The predicted octanol–water partition coefficient (Wildman–Crippen LogP) is 0.226. The Morgan fingerprint density at radius 1 is 0.756 bits per heavy atom. The van der Waals surface area contributed by atoms with Crippen LogP contribution in [-0.4, -0.2) is 70.5 Å². The lowest BCUT2D eigenvalue weighted by atomic mass is 10.0. The van der Waals surface area contributed by atoms with Gasteiger partial charge in [-0.1, -0.05) is 56.3 Å². The Kier molecular flexibility index (Phi) is 12.8. The number of phenols is 1. The van der Waals surface area contributed by atoms with E-state index in [1.54, 1.807) is 42.5 Å². The number of carbonyl (C=O) groups excluding carboxylic acids is 4. The number of nitrogens with two attached hydrogens (primary N) is 1. The van der Waals surface area contributed by atoms with Crippen LogP contribution in [0.15, 0.2) is 54.6 Å². The molecule has 0 radical (unpaired) electrons. The first-order valence-electron chi connectivity index (χ1n) is 13.3. The summed E-state index contributed by atoms with van der Waals surface area (Å²) in [4.78, 5) is 62.3. The molecule has 0 saturated carbocycles. The average molecular weight is 570 g/mol. The maximum absolute atomic E-state index is 13.0. The number of hydrogen-bond donors (Lipinski definition) is 7. The van der Waals surface area contributed by atoms with Gasteiger partial charge in [0.1, 0.15) is 23.9 Å². The van der Waals surface area contributed by atoms with Crippen LogP contribution < -0.4 is 27.0 Å². The van der Waals surface area contributed by atoms with Crippen molar-refractivity contribution in [3.05, 3.63) is 65.7 Å². The van der Waals surface area contributed by atoms with Crippen molar-refractivity contribution < 1.29 is 34.2 Å². The Balaban J connectivity index is 1.94. The second kappa shape index (κ2) is 16.0. The summed E-state index contributed by atoms with van der Waals surface area (Å²) in [6.07, 6.45) is 0.505. The average Bonchev–Trinajstić information content (AvgIpc) is 2.92. The minimum Gasteiger partial charge on any atom is -0.508 e. The molecule has 0 bridgehead atoms. The number of rotatable bonds is 15. The molecular weight excluding hydrogens is 530 g/mol. The van der Waals surface area contributed by atoms with Crippen molar-refractivity contribution in [2.45, 2.75) is 64.2 Å². The minimum absolute atomic E-state index is 0.0126. The topological polar surface area (TPSA) is 200 Å². The fourth-order valence-electron chi connectivity index (χ4n) is 3.95. The van der Waals surface area contributed by atoms with Gasteiger partial charge in [0.05, 0.1) is 12.6 Å². The number of carbonyl (C=O) groups is 5. The maximum Gasteiger partial charge on any atom is 0.326 e. The van der Waals surface area contributed by atoms with Gasteiger partial charge >= 0.3 is 5.97 Å². The number of amides is 4. The lowest BCUT2D eigenvalue weighted by Crippen LogP contribution is -2.55. The van der Waals surface area contributed by atoms with Gasteiger partial charge in [0.15, 0.2) is 0 Å². The van der Waals surface area contributed by atoms with Gasteiger partial charge in [-0.2, -0.15) is 0 Å². The monoisotopic (exact) mass is 569 g/mol. The number of nitrogens with one attached hydrogen (secondary N) is 4. The van der Waals surface area contributed by atoms with Gasteiger partial charge in [-0.15, -0.1) is 0 Å². The van der Waals surface area contributed by atoms with E-state index >= 15 is 0 Å². The number of carboxylic acid groups (broad SMARTS) is 1. The van der Waals surface area contributed by atoms with Gasteiger partial charge in [0.25, 0.3) is 0 Å². The largest absolute Gasteiger partial charge is 0.508 e. The highest BCUT2D eigenvalue weighted by molar-refractivity contribution is 5.94. The first-order chi connectivity index (χ1) is 19.3. The third-order valence-electron chi connectivity index (χ3n) is 6.16. The van der Waals surface area contributed by atoms with Gasteiger partial charge < -0.3 is 37.2 Å². The first kappa shape index (κ1) is 32.8. The van der Waals surface area contributed by atoms with Crippen LogP contribution in [0, 0.1) is 5.92 Å². The Hall–Kier alpha value is -4.45. The molecule has 0 aromatic heterocycles. The molecule has 12 nitrogen and oxygen atoms in total. The molecule has 12 heteroatoms. The quantitative estimate of drug-likeness (QED) is 0.158. The van der Waals surface area contributed by atoms with Crippen molar-refractivity contribution in [3.8, 4) is 5.75 Å². The highest BCUT2D eigenvalue weighted by atomic mass is 16.4. The molecule has 41 heavy (non-hydrogen) atoms. The number of benzene rings is 2. The van der Waals surface area contributed by atoms with Crippen molar-refractivity contribution in [3.63, 3.8) is 0 Å². The number of phenolic OH excluding ortho intramolecular Hbond substituents is 1. The highest BCUT2D eigenvalue weighted by Crippen LogP contribution is 2.11. The second-order valence-electron chi connectivity index (χ2n) is 10.3. The van der Waals surface area contributed by atoms with Crippen molar-refractivity contribution >= 4 is 29.6 Å². The molecule has 8 N–H and O–H groups in total. The smallest absolute Gasteiger partial charge is 0.326 e. The summed E-state index contributed by atoms with van der Waals surface area (Å²) >= 11 is 0. The Morgan fingerprint density at radius 2 is 1.37 bits per heavy atom. The zero-order valence-corrected chi connectivity index (χ0v) is 23.4. The molecule has 0 spiro atoms. The fraction of sp³-hybridized carbons (Fsp3) is 0.414. The maximum atomic E-state index is 13.0. The summed E-state index contributed by atoms with van der Waals surface area (Å²) in [5.74, 6) is -3.63. The van der Waals surface area contributed by atoms with Crippen LogP contribution in [0.3, 0.4) is 0 Å². The van der Waals surface area contributed by atoms with E-state index in [4.69, 9.17) is 5.73 Å². The number of aromatic hydroxyl groups is 1. The molecule has 222 valence electrons. The second-order valence-corrected chi connectivity index (χ2v) is 10.3. The minimum atomic E-state index is -1.18. The van der Waals surface area contributed by atoms with Gasteiger partial charge in [0, 0.05) is 6.42 Å². The van der Waals surface area contributed by atoms with Gasteiger partial charge in [-0.3, -0.25) is 19.2 Å². The molecule has 2 rings (SSSR count). The third kappa shape index (κ3) is 11.7. The molecule has 0 aliphatic carbocycles. The molecule has 0 aliphatic heterocycles. The van der Waals surface area contributed by atoms with Crippen LogP contribution in [0.25, 0.3) is 0 Å². The van der Waals surface area contributed by atoms with Crippen LogP contribution in [-0.2, 0) is 36.8 Å². The van der Waals surface area contributed by atoms with Crippen molar-refractivity contribution in [1.29, 1.82) is 0 Å². The van der Waals surface area contributed by atoms with E-state index < -0.39 is 60.3 Å². The van der Waals surface area contributed by atoms with E-state index in [1.807, 2.05) is 13.8 Å². The summed E-state index contributed by atoms with van der Waals surface area (Å²) in [5.41, 5.74) is 7.41. The van der Waals surface area contributed by atoms with E-state index in [-0.39, 0.29) is 30.9 Å². The van der Waals surface area contributed by atoms with Crippen molar-refractivity contribution in [2.24, 2.45) is 11.7 Å². The van der Waals surface area contributed by atoms with Crippen molar-refractivity contribution in [2.75, 3.05) is 6.54 Å². The molecule has 0 saturated heterocycles. The molecule has 0 heterocycles. The standard InChI is InChI=1S/C29H39N5O7/c1-17(2)13-24(29(40)41)34-28(39)23(15-19-7-5-4-6-8-19)33-25(36)16-31-26(37)18(3)32-27(38)22(30)14-20-9-11-21(35)12-10-20/h4-12,17-18,22-24,35H,13-16,30H2,1-3H3,(H,31,37)(H,32,38)(H,33,36)(H,34,39)(H,40,41)/t18-,22+,23-,24+/m1/s1. The van der Waals surface area contributed by atoms with E-state index in [1.165, 1.54) is 19.1 Å². The van der Waals surface area contributed by atoms with E-state index in [0.717, 1.165) is 11.1 Å². The van der Waals surface area contributed by atoms with Crippen LogP contribution in [0.4, 0.5) is 0 Å². The van der Waals surface area contributed by atoms with Gasteiger partial charge in [-0.25, -0.2) is 4.79 Å². The highest BCUT2D eigenvalue weighted by Gasteiger charge is 2.28. The van der Waals surface area contributed by atoms with E-state index in [2.05, 4.69) is 21.3 Å². The Bertz CT molecular complexity index is 1190. The molecule has 4 amide bonds. The Morgan fingerprint density at radius 3 is 1.95 bits per heavy atom. The zero-order valence-electron chi connectivity index (χ0n) is 23.4. The van der Waals surface area contributed by atoms with E-state index in [0.29, 0.717) is 0 Å². The molecule has 2 aromatic rings. The summed E-state index contributed by atoms with van der Waals surface area (Å²) in [6, 6.07) is 11.0. The summed E-state index contributed by atoms with van der Waals surface area (Å²) in [7, 11) is 0. The molecule has 0 aliphatic rings. The molecule has 2 aromatic carbocycles. The SMILES string of the molecule is CC(C)C[C@H](NC(=O)[C@@H](Cc1ccccc1)NC(=O)CNC(=O)[C@@H](C)NC(=O)[C@@H](N)Cc1ccc(O)cc1)C(=O)O. The zero-order chi connectivity index (χ0) is 30.5. The van der Waals surface area contributed by atoms with Crippen LogP contribution >= 0.6 is 0 Å². The predicted molar refractivity (Wildman–Crippen MR) is 151 cm³/mol. The number of carboxylic acids is 1. The molecular formula is C29H39N5O7. The van der Waals surface area contributed by atoms with Crippen LogP contribution in [0.2, 0.25) is 0 Å². The number of aliphatic carboxylic acids is 1.